The van der Waals surface area contributed by atoms with Crippen LogP contribution in [0.25, 0.3) is 0 Å². The van der Waals surface area contributed by atoms with E-state index in [4.69, 9.17) is 10.5 Å². The van der Waals surface area contributed by atoms with Gasteiger partial charge in [-0.05, 0) is 32.3 Å². The van der Waals surface area contributed by atoms with Crippen LogP contribution in [0.4, 0.5) is 4.39 Å². The summed E-state index contributed by atoms with van der Waals surface area (Å²) in [5.41, 5.74) is 7.03. The lowest BCUT2D eigenvalue weighted by molar-refractivity contribution is -0.0000678. The summed E-state index contributed by atoms with van der Waals surface area (Å²) in [6.45, 7) is 6.68. The van der Waals surface area contributed by atoms with E-state index in [2.05, 4.69) is 11.8 Å². The molecule has 0 radical (unpaired) electrons. The molecule has 1 heterocycles. The molecule has 1 aliphatic rings. The Morgan fingerprint density at radius 3 is 2.52 bits per heavy atom. The number of hydrogen-bond acceptors (Lipinski definition) is 3. The number of rotatable bonds is 6. The molecule has 1 fully saturated rings. The van der Waals surface area contributed by atoms with Gasteiger partial charge in [-0.3, -0.25) is 4.90 Å². The minimum Gasteiger partial charge on any atom is -0.378 e. The highest BCUT2D eigenvalue weighted by Crippen LogP contribution is 2.30. The number of hydrogen-bond donors (Lipinski definition) is 1. The average molecular weight is 294 g/mol. The molecule has 2 atom stereocenters. The molecule has 1 aromatic carbocycles. The van der Waals surface area contributed by atoms with Crippen molar-refractivity contribution in [2.24, 2.45) is 5.73 Å². The Morgan fingerprint density at radius 1 is 1.29 bits per heavy atom. The van der Waals surface area contributed by atoms with Crippen molar-refractivity contribution in [3.05, 3.63) is 35.6 Å². The van der Waals surface area contributed by atoms with E-state index in [9.17, 15) is 4.39 Å². The first kappa shape index (κ1) is 16.4. The van der Waals surface area contributed by atoms with E-state index in [1.54, 1.807) is 6.07 Å². The topological polar surface area (TPSA) is 38.5 Å². The normalized spacial score (nSPS) is 20.4. The summed E-state index contributed by atoms with van der Waals surface area (Å²) < 4.78 is 19.9. The van der Waals surface area contributed by atoms with Gasteiger partial charge in [-0.15, -0.1) is 0 Å². The second kappa shape index (κ2) is 7.87. The van der Waals surface area contributed by atoms with Crippen LogP contribution in [0, 0.1) is 5.82 Å². The maximum absolute atomic E-state index is 14.2. The van der Waals surface area contributed by atoms with E-state index in [0.29, 0.717) is 6.10 Å². The standard InChI is InChI=1S/C17H27FN2O/c1-3-16(19)17(14-7-5-6-8-15(14)18)20-11-9-13(10-12-20)21-4-2/h5-8,13,16-17H,3-4,9-12,19H2,1-2H3. The zero-order valence-corrected chi connectivity index (χ0v) is 13.1. The molecule has 0 aliphatic carbocycles. The van der Waals surface area contributed by atoms with Crippen molar-refractivity contribution in [2.75, 3.05) is 19.7 Å². The zero-order chi connectivity index (χ0) is 15.2. The number of likely N-dealkylation sites (tertiary alicyclic amines) is 1. The number of halogens is 1. The predicted octanol–water partition coefficient (Wildman–Crippen LogP) is 3.11. The maximum atomic E-state index is 14.2. The molecule has 2 unspecified atom stereocenters. The van der Waals surface area contributed by atoms with Gasteiger partial charge in [0.15, 0.2) is 0 Å². The highest BCUT2D eigenvalue weighted by Gasteiger charge is 2.31. The summed E-state index contributed by atoms with van der Waals surface area (Å²) in [6, 6.07) is 6.92. The Hall–Kier alpha value is -0.970. The molecule has 1 aromatic rings. The Morgan fingerprint density at radius 2 is 1.95 bits per heavy atom. The first-order chi connectivity index (χ1) is 10.2. The van der Waals surface area contributed by atoms with Gasteiger partial charge in [0.1, 0.15) is 5.82 Å². The fraction of sp³-hybridized carbons (Fsp3) is 0.647. The summed E-state index contributed by atoms with van der Waals surface area (Å²) in [7, 11) is 0. The lowest BCUT2D eigenvalue weighted by Crippen LogP contribution is -2.46. The Kier molecular flexibility index (Phi) is 6.15. The van der Waals surface area contributed by atoms with Crippen molar-refractivity contribution in [3.8, 4) is 0 Å². The highest BCUT2D eigenvalue weighted by atomic mass is 19.1. The van der Waals surface area contributed by atoms with Crippen LogP contribution < -0.4 is 5.73 Å². The van der Waals surface area contributed by atoms with Crippen molar-refractivity contribution in [1.29, 1.82) is 0 Å². The molecule has 21 heavy (non-hydrogen) atoms. The molecule has 1 saturated heterocycles. The molecule has 0 spiro atoms. The summed E-state index contributed by atoms with van der Waals surface area (Å²) in [4.78, 5) is 2.32. The third-order valence-corrected chi connectivity index (χ3v) is 4.37. The van der Waals surface area contributed by atoms with Gasteiger partial charge in [-0.2, -0.15) is 0 Å². The van der Waals surface area contributed by atoms with Crippen molar-refractivity contribution in [1.82, 2.24) is 4.90 Å². The van der Waals surface area contributed by atoms with Crippen molar-refractivity contribution in [3.63, 3.8) is 0 Å². The van der Waals surface area contributed by atoms with E-state index >= 15 is 0 Å². The van der Waals surface area contributed by atoms with Crippen molar-refractivity contribution >= 4 is 0 Å². The maximum Gasteiger partial charge on any atom is 0.128 e. The van der Waals surface area contributed by atoms with Crippen LogP contribution in [0.15, 0.2) is 24.3 Å². The number of piperidine rings is 1. The van der Waals surface area contributed by atoms with Crippen LogP contribution in [-0.4, -0.2) is 36.7 Å². The number of nitrogens with zero attached hydrogens (tertiary/aromatic N) is 1. The van der Waals surface area contributed by atoms with Gasteiger partial charge in [-0.25, -0.2) is 4.39 Å². The molecule has 118 valence electrons. The smallest absolute Gasteiger partial charge is 0.128 e. The fourth-order valence-corrected chi connectivity index (χ4v) is 3.19. The van der Waals surface area contributed by atoms with E-state index in [0.717, 1.165) is 44.5 Å². The quantitative estimate of drug-likeness (QED) is 0.876. The summed E-state index contributed by atoms with van der Waals surface area (Å²) >= 11 is 0. The number of benzene rings is 1. The molecule has 0 amide bonds. The minimum absolute atomic E-state index is 0.0428. The van der Waals surface area contributed by atoms with Gasteiger partial charge < -0.3 is 10.5 Å². The van der Waals surface area contributed by atoms with Gasteiger partial charge in [0.2, 0.25) is 0 Å². The number of ether oxygens (including phenoxy) is 1. The van der Waals surface area contributed by atoms with Gasteiger partial charge in [0.25, 0.3) is 0 Å². The third-order valence-electron chi connectivity index (χ3n) is 4.37. The summed E-state index contributed by atoms with van der Waals surface area (Å²) in [6.07, 6.45) is 3.17. The van der Waals surface area contributed by atoms with Crippen LogP contribution >= 0.6 is 0 Å². The van der Waals surface area contributed by atoms with E-state index in [1.165, 1.54) is 6.07 Å². The summed E-state index contributed by atoms with van der Waals surface area (Å²) in [5, 5.41) is 0. The van der Waals surface area contributed by atoms with Gasteiger partial charge in [0.05, 0.1) is 12.1 Å². The molecule has 3 nitrogen and oxygen atoms in total. The lowest BCUT2D eigenvalue weighted by atomic mass is 9.93. The molecular formula is C17H27FN2O. The first-order valence-electron chi connectivity index (χ1n) is 8.03. The van der Waals surface area contributed by atoms with Gasteiger partial charge in [0, 0.05) is 31.3 Å². The number of nitrogens with two attached hydrogens (primary N) is 1. The Balaban J connectivity index is 2.13. The van der Waals surface area contributed by atoms with Crippen LogP contribution in [0.2, 0.25) is 0 Å². The molecule has 1 aliphatic heterocycles. The van der Waals surface area contributed by atoms with Gasteiger partial charge >= 0.3 is 0 Å². The van der Waals surface area contributed by atoms with Crippen molar-refractivity contribution in [2.45, 2.75) is 51.3 Å². The second-order valence-electron chi connectivity index (χ2n) is 5.73. The molecule has 0 aromatic heterocycles. The van der Waals surface area contributed by atoms with E-state index in [1.807, 2.05) is 19.1 Å². The first-order valence-corrected chi connectivity index (χ1v) is 8.03. The van der Waals surface area contributed by atoms with E-state index in [-0.39, 0.29) is 17.9 Å². The molecule has 0 saturated carbocycles. The fourth-order valence-electron chi connectivity index (χ4n) is 3.19. The third kappa shape index (κ3) is 4.02. The van der Waals surface area contributed by atoms with Crippen molar-refractivity contribution < 1.29 is 9.13 Å². The van der Waals surface area contributed by atoms with Crippen LogP contribution in [0.1, 0.15) is 44.7 Å². The summed E-state index contributed by atoms with van der Waals surface area (Å²) in [5.74, 6) is -0.154. The minimum atomic E-state index is -0.154. The predicted molar refractivity (Wildman–Crippen MR) is 83.6 cm³/mol. The zero-order valence-electron chi connectivity index (χ0n) is 13.1. The molecule has 2 rings (SSSR count). The molecule has 4 heteroatoms. The Bertz CT molecular complexity index is 433. The lowest BCUT2D eigenvalue weighted by Gasteiger charge is -2.40. The molecule has 2 N–H and O–H groups in total. The SMILES string of the molecule is CCOC1CCN(C(c2ccccc2F)C(N)CC)CC1. The largest absolute Gasteiger partial charge is 0.378 e. The van der Waals surface area contributed by atoms with Crippen LogP contribution in [0.5, 0.6) is 0 Å². The van der Waals surface area contributed by atoms with Gasteiger partial charge in [-0.1, -0.05) is 25.1 Å². The molecule has 0 bridgehead atoms. The highest BCUT2D eigenvalue weighted by molar-refractivity contribution is 5.23. The average Bonchev–Trinajstić information content (AvgIpc) is 2.51. The van der Waals surface area contributed by atoms with Crippen LogP contribution in [0.3, 0.4) is 0 Å². The Labute approximate surface area is 127 Å². The van der Waals surface area contributed by atoms with Crippen LogP contribution in [-0.2, 0) is 4.74 Å². The second-order valence-corrected chi connectivity index (χ2v) is 5.73. The monoisotopic (exact) mass is 294 g/mol. The molecular weight excluding hydrogens is 267 g/mol. The van der Waals surface area contributed by atoms with E-state index < -0.39 is 0 Å².